The van der Waals surface area contributed by atoms with Crippen molar-refractivity contribution in [1.82, 2.24) is 10.3 Å². The van der Waals surface area contributed by atoms with Crippen LogP contribution in [0.3, 0.4) is 0 Å². The molecule has 1 aliphatic rings. The smallest absolute Gasteiger partial charge is 0.387 e. The number of aromatic nitrogens is 1. The van der Waals surface area contributed by atoms with Gasteiger partial charge >= 0.3 is 6.18 Å². The van der Waals surface area contributed by atoms with Crippen LogP contribution in [0.2, 0.25) is 10.0 Å². The molecule has 1 heterocycles. The molecule has 2 N–H and O–H groups in total. The van der Waals surface area contributed by atoms with Crippen molar-refractivity contribution >= 4 is 29.1 Å². The van der Waals surface area contributed by atoms with Crippen molar-refractivity contribution in [1.29, 1.82) is 0 Å². The van der Waals surface area contributed by atoms with E-state index in [1.165, 1.54) is 12.1 Å². The van der Waals surface area contributed by atoms with E-state index in [2.05, 4.69) is 10.3 Å². The van der Waals surface area contributed by atoms with Gasteiger partial charge in [-0.3, -0.25) is 4.79 Å². The SMILES string of the molecule is O=C(NC(c1ccc(F)c(Cl)c1)C1(O)CCCC1)c1nccc(C(F)(F)F)c1Cl. The highest BCUT2D eigenvalue weighted by molar-refractivity contribution is 6.34. The second-order valence-electron chi connectivity index (χ2n) is 6.91. The Morgan fingerprint density at radius 2 is 1.86 bits per heavy atom. The van der Waals surface area contributed by atoms with Crippen LogP contribution in [0.1, 0.15) is 53.3 Å². The molecule has 0 aliphatic heterocycles. The predicted molar refractivity (Wildman–Crippen MR) is 99.3 cm³/mol. The maximum atomic E-state index is 13.6. The molecule has 29 heavy (non-hydrogen) atoms. The van der Waals surface area contributed by atoms with E-state index < -0.39 is 45.8 Å². The number of alkyl halides is 3. The van der Waals surface area contributed by atoms with E-state index in [0.717, 1.165) is 12.3 Å². The van der Waals surface area contributed by atoms with Gasteiger partial charge in [0.2, 0.25) is 0 Å². The Kier molecular flexibility index (Phi) is 6.08. The molecule has 4 nitrogen and oxygen atoms in total. The third-order valence-corrected chi connectivity index (χ3v) is 5.64. The number of halogens is 6. The van der Waals surface area contributed by atoms with Crippen LogP contribution in [-0.4, -0.2) is 21.6 Å². The zero-order valence-corrected chi connectivity index (χ0v) is 16.4. The Balaban J connectivity index is 1.98. The minimum absolute atomic E-state index is 0.210. The summed E-state index contributed by atoms with van der Waals surface area (Å²) < 4.78 is 52.8. The van der Waals surface area contributed by atoms with Crippen LogP contribution in [0, 0.1) is 5.82 Å². The lowest BCUT2D eigenvalue weighted by atomic mass is 9.86. The van der Waals surface area contributed by atoms with E-state index in [0.29, 0.717) is 37.3 Å². The fourth-order valence-corrected chi connectivity index (χ4v) is 4.01. The van der Waals surface area contributed by atoms with Gasteiger partial charge < -0.3 is 10.4 Å². The summed E-state index contributed by atoms with van der Waals surface area (Å²) >= 11 is 11.6. The first-order valence-corrected chi connectivity index (χ1v) is 9.48. The zero-order valence-electron chi connectivity index (χ0n) is 14.9. The quantitative estimate of drug-likeness (QED) is 0.619. The summed E-state index contributed by atoms with van der Waals surface area (Å²) in [5, 5.41) is 12.5. The first-order chi connectivity index (χ1) is 13.5. The first kappa shape index (κ1) is 21.8. The summed E-state index contributed by atoms with van der Waals surface area (Å²) in [6, 6.07) is 3.33. The van der Waals surface area contributed by atoms with Crippen molar-refractivity contribution < 1.29 is 27.5 Å². The van der Waals surface area contributed by atoms with Gasteiger partial charge in [0.1, 0.15) is 11.5 Å². The van der Waals surface area contributed by atoms with E-state index in [1.807, 2.05) is 0 Å². The van der Waals surface area contributed by atoms with Crippen LogP contribution in [0.5, 0.6) is 0 Å². The number of hydrogen-bond acceptors (Lipinski definition) is 3. The van der Waals surface area contributed by atoms with E-state index in [1.54, 1.807) is 0 Å². The van der Waals surface area contributed by atoms with Crippen molar-refractivity contribution in [2.45, 2.75) is 43.5 Å². The van der Waals surface area contributed by atoms with E-state index in [4.69, 9.17) is 23.2 Å². The normalized spacial score (nSPS) is 17.2. The molecule has 1 aromatic carbocycles. The summed E-state index contributed by atoms with van der Waals surface area (Å²) in [5.74, 6) is -1.67. The number of rotatable bonds is 4. The summed E-state index contributed by atoms with van der Waals surface area (Å²) in [4.78, 5) is 16.4. The van der Waals surface area contributed by atoms with Gasteiger partial charge in [0.05, 0.1) is 27.3 Å². The number of carbonyl (C=O) groups is 1. The minimum atomic E-state index is -4.76. The summed E-state index contributed by atoms with van der Waals surface area (Å²) in [7, 11) is 0. The summed E-state index contributed by atoms with van der Waals surface area (Å²) in [6.45, 7) is 0. The lowest BCUT2D eigenvalue weighted by Crippen LogP contribution is -2.44. The molecule has 156 valence electrons. The molecule has 3 rings (SSSR count). The molecule has 1 saturated carbocycles. The fraction of sp³-hybridized carbons (Fsp3) is 0.368. The monoisotopic (exact) mass is 450 g/mol. The second kappa shape index (κ2) is 8.08. The number of nitrogens with one attached hydrogen (secondary N) is 1. The molecule has 0 saturated heterocycles. The van der Waals surface area contributed by atoms with Gasteiger partial charge in [-0.25, -0.2) is 9.37 Å². The average molecular weight is 451 g/mol. The van der Waals surface area contributed by atoms with Crippen molar-refractivity contribution in [3.8, 4) is 0 Å². The zero-order chi connectivity index (χ0) is 21.4. The fourth-order valence-electron chi connectivity index (χ4n) is 3.52. The van der Waals surface area contributed by atoms with Crippen molar-refractivity contribution in [2.75, 3.05) is 0 Å². The topological polar surface area (TPSA) is 62.2 Å². The number of pyridine rings is 1. The van der Waals surface area contributed by atoms with Crippen LogP contribution in [0.4, 0.5) is 17.6 Å². The molecule has 1 aliphatic carbocycles. The van der Waals surface area contributed by atoms with E-state index in [9.17, 15) is 27.5 Å². The highest BCUT2D eigenvalue weighted by Crippen LogP contribution is 2.41. The number of carbonyl (C=O) groups excluding carboxylic acids is 1. The van der Waals surface area contributed by atoms with Crippen molar-refractivity contribution in [2.24, 2.45) is 0 Å². The van der Waals surface area contributed by atoms with Crippen LogP contribution < -0.4 is 5.32 Å². The molecule has 1 unspecified atom stereocenters. The van der Waals surface area contributed by atoms with Crippen LogP contribution in [0.15, 0.2) is 30.5 Å². The molecule has 0 radical (unpaired) electrons. The molecule has 1 atom stereocenters. The Morgan fingerprint density at radius 3 is 2.45 bits per heavy atom. The standard InChI is InChI=1S/C19H16Cl2F4N2O2/c20-12-9-10(3-4-13(12)22)16(18(29)6-1-2-7-18)27-17(28)15-14(21)11(5-8-26-15)19(23,24)25/h3-5,8-9,16,29H,1-2,6-7H2,(H,27,28). The molecule has 0 bridgehead atoms. The molecule has 1 amide bonds. The van der Waals surface area contributed by atoms with Gasteiger partial charge in [-0.2, -0.15) is 13.2 Å². The third kappa shape index (κ3) is 4.49. The first-order valence-electron chi connectivity index (χ1n) is 8.73. The molecule has 1 aromatic heterocycles. The Bertz CT molecular complexity index is 931. The Labute approximate surface area is 173 Å². The van der Waals surface area contributed by atoms with Crippen LogP contribution in [-0.2, 0) is 6.18 Å². The van der Waals surface area contributed by atoms with Crippen molar-refractivity contribution in [3.05, 3.63) is 63.1 Å². The summed E-state index contributed by atoms with van der Waals surface area (Å²) in [5.41, 5.74) is -2.87. The Hall–Kier alpha value is -1.90. The largest absolute Gasteiger partial charge is 0.417 e. The minimum Gasteiger partial charge on any atom is -0.387 e. The molecule has 2 aromatic rings. The molecular formula is C19H16Cl2F4N2O2. The van der Waals surface area contributed by atoms with Gasteiger partial charge in [0, 0.05) is 6.20 Å². The van der Waals surface area contributed by atoms with Gasteiger partial charge in [-0.1, -0.05) is 42.1 Å². The van der Waals surface area contributed by atoms with Gasteiger partial charge in [-0.05, 0) is 36.6 Å². The molecule has 1 fully saturated rings. The number of hydrogen-bond donors (Lipinski definition) is 2. The third-order valence-electron chi connectivity index (χ3n) is 4.97. The number of aliphatic hydroxyl groups is 1. The maximum absolute atomic E-state index is 13.6. The summed E-state index contributed by atoms with van der Waals surface area (Å²) in [6.07, 6.45) is -1.85. The van der Waals surface area contributed by atoms with Gasteiger partial charge in [-0.15, -0.1) is 0 Å². The molecule has 0 spiro atoms. The average Bonchev–Trinajstić information content (AvgIpc) is 3.08. The van der Waals surface area contributed by atoms with E-state index in [-0.39, 0.29) is 5.02 Å². The second-order valence-corrected chi connectivity index (χ2v) is 7.69. The highest BCUT2D eigenvalue weighted by atomic mass is 35.5. The van der Waals surface area contributed by atoms with E-state index >= 15 is 0 Å². The number of nitrogens with zero attached hydrogens (tertiary/aromatic N) is 1. The Morgan fingerprint density at radius 1 is 1.21 bits per heavy atom. The predicted octanol–water partition coefficient (Wildman–Crippen LogP) is 5.32. The lowest BCUT2D eigenvalue weighted by Gasteiger charge is -2.34. The van der Waals surface area contributed by atoms with Crippen LogP contribution in [0.25, 0.3) is 0 Å². The molecule has 10 heteroatoms. The van der Waals surface area contributed by atoms with Crippen LogP contribution >= 0.6 is 23.2 Å². The number of amides is 1. The maximum Gasteiger partial charge on any atom is 0.417 e. The highest BCUT2D eigenvalue weighted by Gasteiger charge is 2.42. The number of benzene rings is 1. The lowest BCUT2D eigenvalue weighted by molar-refractivity contribution is -0.137. The van der Waals surface area contributed by atoms with Crippen molar-refractivity contribution in [3.63, 3.8) is 0 Å². The van der Waals surface area contributed by atoms with Gasteiger partial charge in [0.25, 0.3) is 5.91 Å². The van der Waals surface area contributed by atoms with Gasteiger partial charge in [0.15, 0.2) is 0 Å². The molecular weight excluding hydrogens is 435 g/mol.